The summed E-state index contributed by atoms with van der Waals surface area (Å²) in [5.74, 6) is 0. The molecule has 0 fully saturated rings. The lowest BCUT2D eigenvalue weighted by atomic mass is 9.93. The monoisotopic (exact) mass is 268 g/mol. The van der Waals surface area contributed by atoms with Crippen LogP contribution in [0.25, 0.3) is 10.1 Å². The molecule has 2 aromatic carbocycles. The van der Waals surface area contributed by atoms with Crippen LogP contribution in [0.15, 0.2) is 54.6 Å². The van der Waals surface area contributed by atoms with Gasteiger partial charge in [-0.2, -0.15) is 0 Å². The van der Waals surface area contributed by atoms with Crippen molar-refractivity contribution in [1.82, 2.24) is 0 Å². The van der Waals surface area contributed by atoms with Gasteiger partial charge in [-0.05, 0) is 36.9 Å². The second kappa shape index (κ2) is 4.48. The lowest BCUT2D eigenvalue weighted by molar-refractivity contribution is 0.106. The third-order valence-electron chi connectivity index (χ3n) is 3.49. The molecule has 1 unspecified atom stereocenters. The van der Waals surface area contributed by atoms with Gasteiger partial charge in [-0.3, -0.25) is 0 Å². The van der Waals surface area contributed by atoms with Crippen LogP contribution in [-0.2, 0) is 5.60 Å². The fraction of sp³-hybridized carbons (Fsp3) is 0.176. The van der Waals surface area contributed by atoms with Crippen molar-refractivity contribution in [3.8, 4) is 0 Å². The lowest BCUT2D eigenvalue weighted by Crippen LogP contribution is -2.21. The molecule has 0 saturated heterocycles. The first-order valence-corrected chi connectivity index (χ1v) is 7.17. The van der Waals surface area contributed by atoms with Crippen LogP contribution in [0.1, 0.15) is 22.9 Å². The third-order valence-corrected chi connectivity index (χ3v) is 4.81. The van der Waals surface area contributed by atoms with Crippen LogP contribution in [0.5, 0.6) is 0 Å². The van der Waals surface area contributed by atoms with E-state index >= 15 is 0 Å². The van der Waals surface area contributed by atoms with E-state index in [-0.39, 0.29) is 0 Å². The summed E-state index contributed by atoms with van der Waals surface area (Å²) < 4.78 is 1.21. The predicted molar refractivity (Wildman–Crippen MR) is 81.7 cm³/mol. The maximum absolute atomic E-state index is 10.9. The van der Waals surface area contributed by atoms with Crippen LogP contribution >= 0.6 is 11.3 Å². The van der Waals surface area contributed by atoms with Crippen molar-refractivity contribution in [2.24, 2.45) is 0 Å². The second-order valence-electron chi connectivity index (χ2n) is 5.09. The third kappa shape index (κ3) is 2.18. The molecule has 19 heavy (non-hydrogen) atoms. The van der Waals surface area contributed by atoms with E-state index in [1.807, 2.05) is 50.2 Å². The van der Waals surface area contributed by atoms with E-state index in [1.165, 1.54) is 15.6 Å². The van der Waals surface area contributed by atoms with Crippen molar-refractivity contribution < 1.29 is 5.11 Å². The number of benzene rings is 2. The highest BCUT2D eigenvalue weighted by Crippen LogP contribution is 2.37. The smallest absolute Gasteiger partial charge is 0.121 e. The molecule has 0 saturated carbocycles. The van der Waals surface area contributed by atoms with E-state index in [9.17, 15) is 5.11 Å². The molecule has 0 aliphatic rings. The van der Waals surface area contributed by atoms with E-state index in [2.05, 4.69) is 18.2 Å². The number of fused-ring (bicyclic) bond motifs is 1. The summed E-state index contributed by atoms with van der Waals surface area (Å²) in [5, 5.41) is 12.1. The standard InChI is InChI=1S/C17H16OS/c1-12-6-5-8-14(10-12)17(2,18)16-11-13-7-3-4-9-15(13)19-16/h3-11,18H,1-2H3. The quantitative estimate of drug-likeness (QED) is 0.727. The Morgan fingerprint density at radius 1 is 1.00 bits per heavy atom. The highest BCUT2D eigenvalue weighted by molar-refractivity contribution is 7.19. The van der Waals surface area contributed by atoms with Crippen molar-refractivity contribution >= 4 is 21.4 Å². The molecule has 0 amide bonds. The summed E-state index contributed by atoms with van der Waals surface area (Å²) in [4.78, 5) is 0.985. The molecule has 0 spiro atoms. The summed E-state index contributed by atoms with van der Waals surface area (Å²) in [5.41, 5.74) is 1.17. The molecule has 0 bridgehead atoms. The summed E-state index contributed by atoms with van der Waals surface area (Å²) in [6.07, 6.45) is 0. The maximum Gasteiger partial charge on any atom is 0.121 e. The normalized spacial score (nSPS) is 14.5. The fourth-order valence-electron chi connectivity index (χ4n) is 2.31. The minimum Gasteiger partial charge on any atom is -0.380 e. The number of hydrogen-bond donors (Lipinski definition) is 1. The molecular formula is C17H16OS. The number of hydrogen-bond acceptors (Lipinski definition) is 2. The van der Waals surface area contributed by atoms with Gasteiger partial charge in [0.05, 0.1) is 0 Å². The first-order valence-electron chi connectivity index (χ1n) is 6.36. The molecule has 2 heteroatoms. The van der Waals surface area contributed by atoms with Gasteiger partial charge < -0.3 is 5.11 Å². The number of rotatable bonds is 2. The lowest BCUT2D eigenvalue weighted by Gasteiger charge is -2.22. The molecule has 0 aliphatic carbocycles. The predicted octanol–water partition coefficient (Wildman–Crippen LogP) is 4.47. The zero-order valence-electron chi connectivity index (χ0n) is 11.1. The van der Waals surface area contributed by atoms with Crippen LogP contribution in [0.2, 0.25) is 0 Å². The molecule has 1 atom stereocenters. The molecule has 1 heterocycles. The molecule has 3 rings (SSSR count). The summed E-state index contributed by atoms with van der Waals surface area (Å²) in [6.45, 7) is 3.91. The molecule has 1 aromatic heterocycles. The summed E-state index contributed by atoms with van der Waals surface area (Å²) >= 11 is 1.65. The van der Waals surface area contributed by atoms with E-state index in [4.69, 9.17) is 0 Å². The number of aliphatic hydroxyl groups is 1. The van der Waals surface area contributed by atoms with E-state index in [0.29, 0.717) is 0 Å². The van der Waals surface area contributed by atoms with Gasteiger partial charge >= 0.3 is 0 Å². The molecule has 1 nitrogen and oxygen atoms in total. The van der Waals surface area contributed by atoms with Crippen LogP contribution in [0, 0.1) is 6.92 Å². The van der Waals surface area contributed by atoms with Gasteiger partial charge in [0, 0.05) is 9.58 Å². The van der Waals surface area contributed by atoms with Gasteiger partial charge in [-0.15, -0.1) is 11.3 Å². The molecule has 3 aromatic rings. The zero-order valence-corrected chi connectivity index (χ0v) is 11.9. The Bertz CT molecular complexity index is 692. The summed E-state index contributed by atoms with van der Waals surface area (Å²) in [7, 11) is 0. The first kappa shape index (κ1) is 12.4. The zero-order chi connectivity index (χ0) is 13.5. The highest BCUT2D eigenvalue weighted by atomic mass is 32.1. The molecule has 1 N–H and O–H groups in total. The summed E-state index contributed by atoms with van der Waals surface area (Å²) in [6, 6.07) is 18.4. The average Bonchev–Trinajstić information content (AvgIpc) is 2.83. The van der Waals surface area contributed by atoms with Crippen molar-refractivity contribution in [3.05, 3.63) is 70.6 Å². The van der Waals surface area contributed by atoms with Crippen molar-refractivity contribution in [2.75, 3.05) is 0 Å². The number of thiophene rings is 1. The molecule has 0 aliphatic heterocycles. The Kier molecular flexibility index (Phi) is 2.92. The van der Waals surface area contributed by atoms with Crippen LogP contribution in [0.3, 0.4) is 0 Å². The SMILES string of the molecule is Cc1cccc(C(C)(O)c2cc3ccccc3s2)c1. The van der Waals surface area contributed by atoms with Gasteiger partial charge in [-0.1, -0.05) is 48.0 Å². The largest absolute Gasteiger partial charge is 0.380 e. The first-order chi connectivity index (χ1) is 9.07. The average molecular weight is 268 g/mol. The van der Waals surface area contributed by atoms with Gasteiger partial charge in [0.15, 0.2) is 0 Å². The van der Waals surface area contributed by atoms with Crippen molar-refractivity contribution in [2.45, 2.75) is 19.4 Å². The Morgan fingerprint density at radius 3 is 2.53 bits per heavy atom. The van der Waals surface area contributed by atoms with Crippen molar-refractivity contribution in [1.29, 1.82) is 0 Å². The van der Waals surface area contributed by atoms with Crippen LogP contribution in [0.4, 0.5) is 0 Å². The number of aryl methyl sites for hydroxylation is 1. The van der Waals surface area contributed by atoms with Crippen LogP contribution < -0.4 is 0 Å². The Hall–Kier alpha value is -1.64. The molecule has 0 radical (unpaired) electrons. The van der Waals surface area contributed by atoms with Gasteiger partial charge in [0.1, 0.15) is 5.60 Å². The Morgan fingerprint density at radius 2 is 1.79 bits per heavy atom. The van der Waals surface area contributed by atoms with E-state index in [0.717, 1.165) is 10.4 Å². The Labute approximate surface area is 117 Å². The minimum atomic E-state index is -0.935. The highest BCUT2D eigenvalue weighted by Gasteiger charge is 2.27. The van der Waals surface area contributed by atoms with E-state index < -0.39 is 5.60 Å². The fourth-order valence-corrected chi connectivity index (χ4v) is 3.44. The second-order valence-corrected chi connectivity index (χ2v) is 6.17. The van der Waals surface area contributed by atoms with Gasteiger partial charge in [0.25, 0.3) is 0 Å². The van der Waals surface area contributed by atoms with Crippen molar-refractivity contribution in [3.63, 3.8) is 0 Å². The molecule has 96 valence electrons. The topological polar surface area (TPSA) is 20.2 Å². The minimum absolute atomic E-state index is 0.935. The van der Waals surface area contributed by atoms with Gasteiger partial charge in [-0.25, -0.2) is 0 Å². The molecular weight excluding hydrogens is 252 g/mol. The van der Waals surface area contributed by atoms with E-state index in [1.54, 1.807) is 11.3 Å². The van der Waals surface area contributed by atoms with Crippen LogP contribution in [-0.4, -0.2) is 5.11 Å². The Balaban J connectivity index is 2.13. The van der Waals surface area contributed by atoms with Gasteiger partial charge in [0.2, 0.25) is 0 Å². The maximum atomic E-state index is 10.9.